The van der Waals surface area contributed by atoms with Crippen LogP contribution in [0, 0.1) is 5.82 Å². The zero-order valence-electron chi connectivity index (χ0n) is 24.1. The number of unbranched alkanes of at least 4 members (excludes halogenated alkanes) is 4. The number of rotatable bonds is 15. The van der Waals surface area contributed by atoms with Crippen LogP contribution in [0.15, 0.2) is 36.5 Å². The van der Waals surface area contributed by atoms with Gasteiger partial charge in [0.2, 0.25) is 0 Å². The van der Waals surface area contributed by atoms with E-state index in [1.165, 1.54) is 18.4 Å². The van der Waals surface area contributed by atoms with Gasteiger partial charge >= 0.3 is 11.9 Å². The zero-order chi connectivity index (χ0) is 29.8. The van der Waals surface area contributed by atoms with Gasteiger partial charge in [-0.3, -0.25) is 9.78 Å². The minimum Gasteiger partial charge on any atom is -0.494 e. The normalized spacial score (nSPS) is 11.4. The summed E-state index contributed by atoms with van der Waals surface area (Å²) in [5.41, 5.74) is 1.67. The van der Waals surface area contributed by atoms with Gasteiger partial charge in [0.15, 0.2) is 10.2 Å². The number of hydrogen-bond acceptors (Lipinski definition) is 8. The Labute approximate surface area is 250 Å². The van der Waals surface area contributed by atoms with Gasteiger partial charge in [0.25, 0.3) is 0 Å². The minimum atomic E-state index is -0.502. The number of methoxy groups -OCH3 is 1. The number of halogens is 2. The Kier molecular flexibility index (Phi) is 12.5. The van der Waals surface area contributed by atoms with Gasteiger partial charge in [-0.1, -0.05) is 30.9 Å². The Bertz CT molecular complexity index is 1290. The molecule has 0 bridgehead atoms. The lowest BCUT2D eigenvalue weighted by Crippen LogP contribution is -2.23. The maximum Gasteiger partial charge on any atom is 0.357 e. The summed E-state index contributed by atoms with van der Waals surface area (Å²) in [6.07, 6.45) is 8.98. The van der Waals surface area contributed by atoms with Gasteiger partial charge in [0.1, 0.15) is 22.9 Å². The van der Waals surface area contributed by atoms with E-state index in [0.29, 0.717) is 47.3 Å². The molecule has 2 heterocycles. The van der Waals surface area contributed by atoms with E-state index in [0.717, 1.165) is 49.0 Å². The van der Waals surface area contributed by atoms with Crippen molar-refractivity contribution in [1.82, 2.24) is 9.97 Å². The monoisotopic (exact) mass is 604 g/mol. The molecule has 0 spiro atoms. The fourth-order valence-electron chi connectivity index (χ4n) is 4.23. The van der Waals surface area contributed by atoms with Gasteiger partial charge in [0.05, 0.1) is 13.7 Å². The Hall–Kier alpha value is -3.04. The van der Waals surface area contributed by atoms with Crippen LogP contribution in [0.3, 0.4) is 0 Å². The van der Waals surface area contributed by atoms with E-state index in [4.69, 9.17) is 25.8 Å². The van der Waals surface area contributed by atoms with Crippen LogP contribution in [0.1, 0.15) is 86.6 Å². The molecule has 2 aromatic heterocycles. The summed E-state index contributed by atoms with van der Waals surface area (Å²) in [5, 5.41) is 0. The Morgan fingerprint density at radius 3 is 2.39 bits per heavy atom. The second-order valence-electron chi connectivity index (χ2n) is 10.7. The first kappa shape index (κ1) is 32.5. The predicted molar refractivity (Wildman–Crippen MR) is 159 cm³/mol. The highest BCUT2D eigenvalue weighted by atomic mass is 35.5. The van der Waals surface area contributed by atoms with Crippen molar-refractivity contribution in [2.45, 2.75) is 84.2 Å². The van der Waals surface area contributed by atoms with Crippen molar-refractivity contribution in [1.29, 1.82) is 0 Å². The van der Waals surface area contributed by atoms with E-state index in [2.05, 4.69) is 9.97 Å². The molecule has 1 aromatic carbocycles. The second-order valence-corrected chi connectivity index (χ2v) is 12.4. The first-order chi connectivity index (χ1) is 19.6. The number of carbonyl (C=O) groups is 2. The van der Waals surface area contributed by atoms with Crippen LogP contribution in [0.5, 0.6) is 5.75 Å². The number of thiazole rings is 1. The summed E-state index contributed by atoms with van der Waals surface area (Å²) in [7, 11) is 1.31. The predicted octanol–water partition coefficient (Wildman–Crippen LogP) is 8.02. The first-order valence-electron chi connectivity index (χ1n) is 13.9. The molecule has 0 atom stereocenters. The number of aromatic nitrogens is 2. The molecule has 0 aliphatic heterocycles. The van der Waals surface area contributed by atoms with E-state index < -0.39 is 11.6 Å². The van der Waals surface area contributed by atoms with E-state index in [-0.39, 0.29) is 17.5 Å². The summed E-state index contributed by atoms with van der Waals surface area (Å²) in [5.74, 6) is -0.338. The molecule has 0 saturated carbocycles. The van der Waals surface area contributed by atoms with Crippen LogP contribution in [0.25, 0.3) is 11.3 Å². The lowest BCUT2D eigenvalue weighted by Gasteiger charge is -2.19. The van der Waals surface area contributed by atoms with Crippen molar-refractivity contribution in [3.63, 3.8) is 0 Å². The number of aryl methyl sites for hydroxylation is 2. The average molecular weight is 605 g/mol. The standard InChI is InChI=1S/C31H38ClFN2O5S/c1-31(2,3)40-26(36)13-9-7-5-6-8-11-21-19-24(33)27(34-20-21)22-14-16-23(17-15-22)39-18-10-12-25-28(29(37)38-4)35-30(32)41-25/h14-17,19-20H,5-13,18H2,1-4H3. The highest BCUT2D eigenvalue weighted by molar-refractivity contribution is 7.16. The van der Waals surface area contributed by atoms with Crippen LogP contribution in [0.4, 0.5) is 4.39 Å². The fraction of sp³-hybridized carbons (Fsp3) is 0.484. The Morgan fingerprint density at radius 2 is 1.71 bits per heavy atom. The van der Waals surface area contributed by atoms with Crippen molar-refractivity contribution in [3.05, 3.63) is 62.9 Å². The second kappa shape index (κ2) is 15.8. The highest BCUT2D eigenvalue weighted by Crippen LogP contribution is 2.26. The van der Waals surface area contributed by atoms with Gasteiger partial charge in [-0.2, -0.15) is 0 Å². The van der Waals surface area contributed by atoms with Crippen LogP contribution in [-0.2, 0) is 27.1 Å². The van der Waals surface area contributed by atoms with Crippen molar-refractivity contribution in [2.75, 3.05) is 13.7 Å². The molecule has 0 aliphatic rings. The highest BCUT2D eigenvalue weighted by Gasteiger charge is 2.18. The van der Waals surface area contributed by atoms with Gasteiger partial charge < -0.3 is 14.2 Å². The third-order valence-electron chi connectivity index (χ3n) is 6.16. The molecule has 0 radical (unpaired) electrons. The third-order valence-corrected chi connectivity index (χ3v) is 7.38. The number of esters is 2. The SMILES string of the molecule is COC(=O)c1nc(Cl)sc1CCCOc1ccc(-c2ncc(CCCCCCCC(=O)OC(C)(C)C)cc2F)cc1. The summed E-state index contributed by atoms with van der Waals surface area (Å²) < 4.78 is 31.0. The van der Waals surface area contributed by atoms with Crippen molar-refractivity contribution >= 4 is 34.9 Å². The largest absolute Gasteiger partial charge is 0.494 e. The van der Waals surface area contributed by atoms with E-state index in [1.807, 2.05) is 20.8 Å². The molecule has 0 unspecified atom stereocenters. The van der Waals surface area contributed by atoms with Crippen LogP contribution >= 0.6 is 22.9 Å². The molecule has 222 valence electrons. The van der Waals surface area contributed by atoms with Gasteiger partial charge in [-0.05, 0) is 88.8 Å². The Morgan fingerprint density at radius 1 is 1.00 bits per heavy atom. The number of hydrogen-bond donors (Lipinski definition) is 0. The number of ether oxygens (including phenoxy) is 3. The summed E-state index contributed by atoms with van der Waals surface area (Å²) >= 11 is 7.21. The van der Waals surface area contributed by atoms with Crippen LogP contribution in [-0.4, -0.2) is 41.2 Å². The summed E-state index contributed by atoms with van der Waals surface area (Å²) in [6, 6.07) is 8.71. The molecule has 0 saturated heterocycles. The molecule has 41 heavy (non-hydrogen) atoms. The first-order valence-corrected chi connectivity index (χ1v) is 15.1. The molecule has 3 rings (SSSR count). The quantitative estimate of drug-likeness (QED) is 0.128. The topological polar surface area (TPSA) is 87.6 Å². The molecular weight excluding hydrogens is 567 g/mol. The molecule has 0 aliphatic carbocycles. The van der Waals surface area contributed by atoms with E-state index in [1.54, 1.807) is 36.5 Å². The molecule has 10 heteroatoms. The van der Waals surface area contributed by atoms with Crippen LogP contribution in [0.2, 0.25) is 4.47 Å². The third kappa shape index (κ3) is 11.0. The zero-order valence-corrected chi connectivity index (χ0v) is 25.7. The number of benzene rings is 1. The number of nitrogens with zero attached hydrogens (tertiary/aromatic N) is 2. The smallest absolute Gasteiger partial charge is 0.357 e. The molecule has 0 amide bonds. The lowest BCUT2D eigenvalue weighted by atomic mass is 10.0. The molecular formula is C31H38ClFN2O5S. The molecule has 7 nitrogen and oxygen atoms in total. The summed E-state index contributed by atoms with van der Waals surface area (Å²) in [6.45, 7) is 6.05. The van der Waals surface area contributed by atoms with E-state index >= 15 is 0 Å². The molecule has 0 N–H and O–H groups in total. The molecule has 0 fully saturated rings. The van der Waals surface area contributed by atoms with Gasteiger partial charge in [-0.15, -0.1) is 11.3 Å². The number of carbonyl (C=O) groups excluding carboxylic acids is 2. The van der Waals surface area contributed by atoms with Gasteiger partial charge in [0, 0.05) is 23.1 Å². The van der Waals surface area contributed by atoms with Crippen molar-refractivity contribution in [3.8, 4) is 17.0 Å². The Balaban J connectivity index is 1.38. The van der Waals surface area contributed by atoms with Crippen molar-refractivity contribution < 1.29 is 28.2 Å². The average Bonchev–Trinajstić information content (AvgIpc) is 3.30. The van der Waals surface area contributed by atoms with Crippen LogP contribution < -0.4 is 4.74 Å². The van der Waals surface area contributed by atoms with E-state index in [9.17, 15) is 14.0 Å². The molecule has 3 aromatic rings. The fourth-order valence-corrected chi connectivity index (χ4v) is 5.40. The number of pyridine rings is 1. The lowest BCUT2D eigenvalue weighted by molar-refractivity contribution is -0.154. The van der Waals surface area contributed by atoms with Crippen molar-refractivity contribution in [2.24, 2.45) is 0 Å². The maximum atomic E-state index is 14.8. The minimum absolute atomic E-state index is 0.146. The maximum absolute atomic E-state index is 14.8. The summed E-state index contributed by atoms with van der Waals surface area (Å²) in [4.78, 5) is 32.7. The van der Waals surface area contributed by atoms with Gasteiger partial charge in [-0.25, -0.2) is 14.2 Å².